The van der Waals surface area contributed by atoms with E-state index in [2.05, 4.69) is 20.0 Å². The number of hydrogen-bond acceptors (Lipinski definition) is 7. The van der Waals surface area contributed by atoms with Crippen molar-refractivity contribution >= 4 is 16.9 Å². The van der Waals surface area contributed by atoms with Gasteiger partial charge >= 0.3 is 0 Å². The maximum atomic E-state index is 13.1. The molecule has 4 heterocycles. The van der Waals surface area contributed by atoms with E-state index in [1.807, 2.05) is 49.4 Å². The molecule has 0 aliphatic carbocycles. The fraction of sp³-hybridized carbons (Fsp3) is 0.304. The van der Waals surface area contributed by atoms with Crippen LogP contribution in [0.2, 0.25) is 0 Å². The standard InChI is InChI=1S/C23H24N6O3/c1-14-19-20(29(27-14)15-6-4-3-5-7-15)22(31)26-21(25-19)17-8-9-18(24-23(17)32-2)28-12-10-16(30)11-13-28/h3-9,16,30H,10-13H2,1-2H3,(H,25,26,31). The first kappa shape index (κ1) is 20.2. The highest BCUT2D eigenvalue weighted by atomic mass is 16.5. The molecule has 0 saturated carbocycles. The highest BCUT2D eigenvalue weighted by molar-refractivity contribution is 5.81. The van der Waals surface area contributed by atoms with Crippen LogP contribution in [0, 0.1) is 6.92 Å². The van der Waals surface area contributed by atoms with Crippen LogP contribution in [0.15, 0.2) is 47.3 Å². The summed E-state index contributed by atoms with van der Waals surface area (Å²) in [6, 6.07) is 13.2. The van der Waals surface area contributed by atoms with Gasteiger partial charge in [0.05, 0.1) is 30.2 Å². The van der Waals surface area contributed by atoms with Crippen LogP contribution < -0.4 is 15.2 Å². The smallest absolute Gasteiger partial charge is 0.277 e. The molecule has 0 radical (unpaired) electrons. The van der Waals surface area contributed by atoms with E-state index in [0.29, 0.717) is 46.8 Å². The van der Waals surface area contributed by atoms with Gasteiger partial charge in [0, 0.05) is 13.1 Å². The van der Waals surface area contributed by atoms with Crippen molar-refractivity contribution in [2.24, 2.45) is 0 Å². The molecule has 9 nitrogen and oxygen atoms in total. The van der Waals surface area contributed by atoms with E-state index >= 15 is 0 Å². The zero-order chi connectivity index (χ0) is 22.2. The molecule has 0 bridgehead atoms. The van der Waals surface area contributed by atoms with Gasteiger partial charge in [0.25, 0.3) is 5.56 Å². The summed E-state index contributed by atoms with van der Waals surface area (Å²) in [6.07, 6.45) is 1.16. The number of aromatic amines is 1. The molecule has 5 rings (SSSR count). The number of H-pyrrole nitrogens is 1. The van der Waals surface area contributed by atoms with Crippen molar-refractivity contribution in [3.8, 4) is 23.0 Å². The minimum atomic E-state index is -0.286. The third-order valence-corrected chi connectivity index (χ3v) is 5.78. The van der Waals surface area contributed by atoms with Crippen LogP contribution in [-0.2, 0) is 0 Å². The Kier molecular flexibility index (Phi) is 5.10. The van der Waals surface area contributed by atoms with Crippen molar-refractivity contribution in [2.45, 2.75) is 25.9 Å². The van der Waals surface area contributed by atoms with Gasteiger partial charge < -0.3 is 19.7 Å². The van der Waals surface area contributed by atoms with Gasteiger partial charge in [-0.1, -0.05) is 18.2 Å². The summed E-state index contributed by atoms with van der Waals surface area (Å²) in [4.78, 5) is 27.4. The molecule has 1 fully saturated rings. The number of piperidine rings is 1. The fourth-order valence-electron chi connectivity index (χ4n) is 4.08. The van der Waals surface area contributed by atoms with Crippen molar-refractivity contribution in [3.63, 3.8) is 0 Å². The van der Waals surface area contributed by atoms with Crippen molar-refractivity contribution in [1.29, 1.82) is 0 Å². The number of aromatic nitrogens is 5. The minimum absolute atomic E-state index is 0.256. The number of ether oxygens (including phenoxy) is 1. The van der Waals surface area contributed by atoms with Gasteiger partial charge in [-0.2, -0.15) is 10.1 Å². The molecular weight excluding hydrogens is 408 g/mol. The Morgan fingerprint density at radius 3 is 2.56 bits per heavy atom. The number of aliphatic hydroxyl groups excluding tert-OH is 1. The molecule has 1 saturated heterocycles. The normalized spacial score (nSPS) is 14.8. The first-order chi connectivity index (χ1) is 15.5. The van der Waals surface area contributed by atoms with E-state index in [1.54, 1.807) is 11.8 Å². The van der Waals surface area contributed by atoms with Crippen LogP contribution in [0.5, 0.6) is 5.88 Å². The lowest BCUT2D eigenvalue weighted by Gasteiger charge is -2.30. The van der Waals surface area contributed by atoms with Crippen LogP contribution in [0.25, 0.3) is 28.1 Å². The topological polar surface area (TPSA) is 109 Å². The summed E-state index contributed by atoms with van der Waals surface area (Å²) in [5.74, 6) is 1.53. The van der Waals surface area contributed by atoms with Crippen molar-refractivity contribution in [1.82, 2.24) is 24.7 Å². The average molecular weight is 432 g/mol. The summed E-state index contributed by atoms with van der Waals surface area (Å²) in [5.41, 5.74) is 2.69. The molecule has 0 amide bonds. The fourth-order valence-corrected chi connectivity index (χ4v) is 4.08. The summed E-state index contributed by atoms with van der Waals surface area (Å²) in [6.45, 7) is 3.30. The maximum Gasteiger partial charge on any atom is 0.277 e. The number of fused-ring (bicyclic) bond motifs is 1. The highest BCUT2D eigenvalue weighted by Gasteiger charge is 2.22. The van der Waals surface area contributed by atoms with Gasteiger partial charge in [-0.3, -0.25) is 4.79 Å². The van der Waals surface area contributed by atoms with Gasteiger partial charge in [0.1, 0.15) is 17.2 Å². The molecule has 0 spiro atoms. The molecule has 1 aliphatic heterocycles. The number of pyridine rings is 1. The number of nitrogens with one attached hydrogen (secondary N) is 1. The zero-order valence-electron chi connectivity index (χ0n) is 17.9. The van der Waals surface area contributed by atoms with Crippen LogP contribution in [0.3, 0.4) is 0 Å². The van der Waals surface area contributed by atoms with Gasteiger partial charge in [-0.15, -0.1) is 0 Å². The molecule has 9 heteroatoms. The molecule has 3 aromatic heterocycles. The highest BCUT2D eigenvalue weighted by Crippen LogP contribution is 2.30. The number of aliphatic hydroxyl groups is 1. The van der Waals surface area contributed by atoms with Gasteiger partial charge in [0.2, 0.25) is 5.88 Å². The van der Waals surface area contributed by atoms with E-state index in [9.17, 15) is 9.90 Å². The van der Waals surface area contributed by atoms with E-state index in [4.69, 9.17) is 9.72 Å². The van der Waals surface area contributed by atoms with Crippen LogP contribution in [0.1, 0.15) is 18.5 Å². The second kappa shape index (κ2) is 8.08. The van der Waals surface area contributed by atoms with Crippen molar-refractivity contribution in [2.75, 3.05) is 25.1 Å². The van der Waals surface area contributed by atoms with E-state index in [1.165, 1.54) is 0 Å². The zero-order valence-corrected chi connectivity index (χ0v) is 17.9. The summed E-state index contributed by atoms with van der Waals surface area (Å²) >= 11 is 0. The second-order valence-electron chi connectivity index (χ2n) is 7.89. The molecular formula is C23H24N6O3. The lowest BCUT2D eigenvalue weighted by Crippen LogP contribution is -2.36. The Balaban J connectivity index is 1.58. The van der Waals surface area contributed by atoms with Gasteiger partial charge in [-0.05, 0) is 44.0 Å². The third-order valence-electron chi connectivity index (χ3n) is 5.78. The summed E-state index contributed by atoms with van der Waals surface area (Å²) < 4.78 is 7.15. The number of rotatable bonds is 4. The third kappa shape index (κ3) is 3.50. The van der Waals surface area contributed by atoms with Gasteiger partial charge in [-0.25, -0.2) is 9.67 Å². The quantitative estimate of drug-likeness (QED) is 0.510. The number of anilines is 1. The van der Waals surface area contributed by atoms with E-state index in [-0.39, 0.29) is 11.7 Å². The Morgan fingerprint density at radius 2 is 1.84 bits per heavy atom. The molecule has 1 aromatic carbocycles. The first-order valence-corrected chi connectivity index (χ1v) is 10.6. The SMILES string of the molecule is COc1nc(N2CCC(O)CC2)ccc1-c1nc2c(C)nn(-c3ccccc3)c2c(=O)[nH]1. The largest absolute Gasteiger partial charge is 0.480 e. The maximum absolute atomic E-state index is 13.1. The number of aryl methyl sites for hydroxylation is 1. The molecule has 32 heavy (non-hydrogen) atoms. The molecule has 0 unspecified atom stereocenters. The van der Waals surface area contributed by atoms with Crippen LogP contribution in [-0.4, -0.2) is 56.1 Å². The van der Waals surface area contributed by atoms with Crippen molar-refractivity contribution < 1.29 is 9.84 Å². The molecule has 2 N–H and O–H groups in total. The summed E-state index contributed by atoms with van der Waals surface area (Å²) in [5, 5.41) is 14.3. The Bertz CT molecular complexity index is 1320. The predicted molar refractivity (Wildman–Crippen MR) is 121 cm³/mol. The minimum Gasteiger partial charge on any atom is -0.480 e. The average Bonchev–Trinajstić information content (AvgIpc) is 3.16. The molecule has 0 atom stereocenters. The number of benzene rings is 1. The Labute approximate surface area is 184 Å². The first-order valence-electron chi connectivity index (χ1n) is 10.6. The number of methoxy groups -OCH3 is 1. The van der Waals surface area contributed by atoms with E-state index in [0.717, 1.165) is 24.6 Å². The van der Waals surface area contributed by atoms with E-state index < -0.39 is 0 Å². The predicted octanol–water partition coefficient (Wildman–Crippen LogP) is 2.45. The molecule has 164 valence electrons. The van der Waals surface area contributed by atoms with Crippen LogP contribution >= 0.6 is 0 Å². The number of para-hydroxylation sites is 1. The number of hydrogen-bond donors (Lipinski definition) is 2. The molecule has 4 aromatic rings. The number of nitrogens with zero attached hydrogens (tertiary/aromatic N) is 5. The lowest BCUT2D eigenvalue weighted by atomic mass is 10.1. The monoisotopic (exact) mass is 432 g/mol. The Hall–Kier alpha value is -3.72. The van der Waals surface area contributed by atoms with Gasteiger partial charge in [0.15, 0.2) is 5.52 Å². The Morgan fingerprint density at radius 1 is 1.09 bits per heavy atom. The lowest BCUT2D eigenvalue weighted by molar-refractivity contribution is 0.145. The second-order valence-corrected chi connectivity index (χ2v) is 7.89. The van der Waals surface area contributed by atoms with Crippen molar-refractivity contribution in [3.05, 3.63) is 58.5 Å². The molecule has 1 aliphatic rings. The van der Waals surface area contributed by atoms with Crippen LogP contribution in [0.4, 0.5) is 5.82 Å². The summed E-state index contributed by atoms with van der Waals surface area (Å²) in [7, 11) is 1.55.